The van der Waals surface area contributed by atoms with Crippen LogP contribution < -0.4 is 15.4 Å². The number of nitrogens with one attached hydrogen (secondary N) is 2. The number of sulfonamides is 1. The molecule has 5 rings (SSSR count). The van der Waals surface area contributed by atoms with Crippen molar-refractivity contribution in [3.63, 3.8) is 0 Å². The van der Waals surface area contributed by atoms with Crippen LogP contribution in [0, 0.1) is 11.6 Å². The van der Waals surface area contributed by atoms with Crippen LogP contribution in [0.3, 0.4) is 0 Å². The Morgan fingerprint density at radius 1 is 0.531 bits per heavy atom. The van der Waals surface area contributed by atoms with E-state index in [-0.39, 0.29) is 38.5 Å². The highest BCUT2D eigenvalue weighted by atomic mass is 35.5. The van der Waals surface area contributed by atoms with Gasteiger partial charge in [0.2, 0.25) is 10.0 Å². The number of anilines is 1. The predicted molar refractivity (Wildman–Crippen MR) is 351 cm³/mol. The number of sulfone groups is 1. The summed E-state index contributed by atoms with van der Waals surface area (Å²) in [5.74, 6) is 1.83. The van der Waals surface area contributed by atoms with E-state index in [1.165, 1.54) is 85.9 Å². The smallest absolute Gasteiger partial charge is 0.318 e. The molecule has 0 bridgehead atoms. The molecule has 0 heterocycles. The van der Waals surface area contributed by atoms with E-state index in [0.29, 0.717) is 22.8 Å². The Labute approximate surface area is 504 Å². The van der Waals surface area contributed by atoms with Gasteiger partial charge in [-0.1, -0.05) is 230 Å². The Morgan fingerprint density at radius 2 is 0.914 bits per heavy atom. The van der Waals surface area contributed by atoms with E-state index >= 15 is 0 Å². The van der Waals surface area contributed by atoms with E-state index in [0.717, 1.165) is 34.4 Å². The highest BCUT2D eigenvalue weighted by molar-refractivity contribution is 7.90. The van der Waals surface area contributed by atoms with Crippen LogP contribution in [0.2, 0.25) is 10.0 Å². The molecule has 0 atom stereocenters. The number of benzene rings is 5. The molecule has 5 aromatic carbocycles. The molecular weight excluding hydrogens is 1100 g/mol. The van der Waals surface area contributed by atoms with Crippen LogP contribution in [-0.2, 0) is 19.9 Å². The van der Waals surface area contributed by atoms with Crippen molar-refractivity contribution in [1.29, 1.82) is 0 Å². The first kappa shape index (κ1) is 85.3. The Morgan fingerprint density at radius 3 is 1.27 bits per heavy atom. The zero-order valence-electron chi connectivity index (χ0n) is 54.5. The molecule has 0 spiro atoms. The number of methoxy groups -OCH3 is 1. The Hall–Kier alpha value is -4.53. The number of halogens is 4. The maximum atomic E-state index is 13.1. The van der Waals surface area contributed by atoms with E-state index in [1.54, 1.807) is 44.5 Å². The second kappa shape index (κ2) is 48.9. The highest BCUT2D eigenvalue weighted by Gasteiger charge is 2.19. The number of amides is 2. The minimum Gasteiger partial charge on any atom is -0.497 e. The maximum Gasteiger partial charge on any atom is 0.318 e. The molecule has 9 nitrogen and oxygen atoms in total. The third-order valence-corrected chi connectivity index (χ3v) is 13.2. The quantitative estimate of drug-likeness (QED) is 0.144. The first-order chi connectivity index (χ1) is 37.6. The molecule has 0 aliphatic carbocycles. The lowest BCUT2D eigenvalue weighted by molar-refractivity contribution is 0.254. The fraction of sp³-hybridized carbons (Fsp3) is 0.530. The summed E-state index contributed by atoms with van der Waals surface area (Å²) in [5.41, 5.74) is 6.22. The molecule has 0 aromatic heterocycles. The average Bonchev–Trinajstić information content (AvgIpc) is 3.38. The zero-order valence-corrected chi connectivity index (χ0v) is 57.6. The second-order valence-electron chi connectivity index (χ2n) is 20.6. The minimum absolute atomic E-state index is 0.191. The van der Waals surface area contributed by atoms with Crippen LogP contribution in [0.1, 0.15) is 228 Å². The van der Waals surface area contributed by atoms with Crippen molar-refractivity contribution in [2.24, 2.45) is 0 Å². The van der Waals surface area contributed by atoms with Gasteiger partial charge in [-0.25, -0.2) is 34.7 Å². The number of hydrogen-bond acceptors (Lipinski definition) is 6. The molecule has 0 aliphatic rings. The fourth-order valence-corrected chi connectivity index (χ4v) is 7.71. The third kappa shape index (κ3) is 41.2. The molecule has 0 unspecified atom stereocenters. The SMILES string of the molecule is CC(C)c1cc(Cl)cc(S(=O)(=O)N(C)C)c1.CC(C)c1ccc(F)c(Cl)c1.CC(C)c1ccc(F)c(S(C)(=O)=O)c1.CCC.CCC.CCC.CCC.CCC.CNC(=O)Nc1ccc(C(C)C)cc1.COc1cccc(C(C)C)c1. The molecule has 0 saturated heterocycles. The first-order valence-electron chi connectivity index (χ1n) is 28.5. The molecule has 2 N–H and O–H groups in total. The number of hydrogen-bond donors (Lipinski definition) is 2. The summed E-state index contributed by atoms with van der Waals surface area (Å²) in [5, 5.41) is 5.86. The van der Waals surface area contributed by atoms with Gasteiger partial charge in [-0.3, -0.25) is 0 Å². The lowest BCUT2D eigenvalue weighted by Crippen LogP contribution is -2.24. The lowest BCUT2D eigenvalue weighted by atomic mass is 10.0. The maximum absolute atomic E-state index is 13.1. The zero-order chi connectivity index (χ0) is 64.2. The fourth-order valence-electron chi connectivity index (χ4n) is 5.46. The summed E-state index contributed by atoms with van der Waals surface area (Å²) >= 11 is 11.5. The topological polar surface area (TPSA) is 122 Å². The number of urea groups is 1. The second-order valence-corrected chi connectivity index (χ2v) is 25.5. The Kier molecular flexibility index (Phi) is 51.5. The summed E-state index contributed by atoms with van der Waals surface area (Å²) in [6.45, 7) is 41.8. The summed E-state index contributed by atoms with van der Waals surface area (Å²) in [6, 6.07) is 29.8. The van der Waals surface area contributed by atoms with Crippen molar-refractivity contribution in [3.05, 3.63) is 153 Å². The number of carbonyl (C=O) groups excluding carboxylic acids is 1. The van der Waals surface area contributed by atoms with Crippen molar-refractivity contribution < 1.29 is 35.1 Å². The van der Waals surface area contributed by atoms with Crippen LogP contribution >= 0.6 is 23.2 Å². The van der Waals surface area contributed by atoms with Gasteiger partial charge < -0.3 is 15.4 Å². The predicted octanol–water partition coefficient (Wildman–Crippen LogP) is 21.1. The molecule has 464 valence electrons. The highest BCUT2D eigenvalue weighted by Crippen LogP contribution is 2.26. The molecule has 0 saturated carbocycles. The largest absolute Gasteiger partial charge is 0.497 e. The molecule has 15 heteroatoms. The molecule has 0 fully saturated rings. The lowest BCUT2D eigenvalue weighted by Gasteiger charge is -2.14. The average molecular weight is 1210 g/mol. The number of nitrogens with zero attached hydrogens (tertiary/aromatic N) is 1. The van der Waals surface area contributed by atoms with Crippen molar-refractivity contribution in [2.75, 3.05) is 39.8 Å². The van der Waals surface area contributed by atoms with E-state index in [1.807, 2.05) is 77.9 Å². The van der Waals surface area contributed by atoms with Gasteiger partial charge in [-0.2, -0.15) is 0 Å². The Bertz CT molecular complexity index is 2600. The minimum atomic E-state index is -3.46. The van der Waals surface area contributed by atoms with E-state index in [2.05, 4.69) is 120 Å². The number of carbonyl (C=O) groups is 1. The van der Waals surface area contributed by atoms with Crippen molar-refractivity contribution in [2.45, 2.75) is 210 Å². The van der Waals surface area contributed by atoms with Gasteiger partial charge in [0.15, 0.2) is 9.84 Å². The van der Waals surface area contributed by atoms with Gasteiger partial charge in [-0.05, 0) is 124 Å². The van der Waals surface area contributed by atoms with Crippen molar-refractivity contribution >= 4 is 54.8 Å². The summed E-state index contributed by atoms with van der Waals surface area (Å²) < 4.78 is 78.3. The molecule has 0 radical (unpaired) electrons. The van der Waals surface area contributed by atoms with Crippen LogP contribution in [0.25, 0.3) is 0 Å². The summed E-state index contributed by atoms with van der Waals surface area (Å²) in [7, 11) is -0.572. The summed E-state index contributed by atoms with van der Waals surface area (Å²) in [6.07, 6.45) is 7.26. The normalized spacial score (nSPS) is 10.2. The van der Waals surface area contributed by atoms with Crippen molar-refractivity contribution in [1.82, 2.24) is 9.62 Å². The molecule has 5 aromatic rings. The van der Waals surface area contributed by atoms with E-state index in [9.17, 15) is 30.4 Å². The summed E-state index contributed by atoms with van der Waals surface area (Å²) in [4.78, 5) is 11.0. The third-order valence-electron chi connectivity index (χ3n) is 9.79. The first-order valence-corrected chi connectivity index (χ1v) is 32.6. The molecule has 0 aliphatic heterocycles. The standard InChI is InChI=1S/C11H16ClNO2S.C11H16N2O.C10H13FO2S.C10H14O.C9H10ClF.5C3H8/c1-8(2)9-5-10(12)7-11(6-9)16(14,15)13(3)4;1-8(2)9-4-6-10(7-5-9)13-11(14)12-3;1-7(2)8-4-5-9(11)10(6-8)14(3,12)13;1-8(2)9-5-4-6-10(7-9)11-3;1-6(2)7-3-4-9(11)8(10)5-7;5*1-3-2/h5-8H,1-4H3;4-8H,1-3H3,(H2,12,13,14);4-7H,1-3H3;4-8H,1-3H3;3-6H,1-2H3;5*3H2,1-2H3. The van der Waals surface area contributed by atoms with E-state index in [4.69, 9.17) is 27.9 Å². The molecule has 81 heavy (non-hydrogen) atoms. The van der Waals surface area contributed by atoms with Crippen LogP contribution in [0.15, 0.2) is 113 Å². The van der Waals surface area contributed by atoms with Gasteiger partial charge in [0.1, 0.15) is 22.3 Å². The van der Waals surface area contributed by atoms with Gasteiger partial charge in [0.05, 0.1) is 17.0 Å². The molecule has 2 amide bonds. The number of rotatable bonds is 10. The Balaban J connectivity index is -0.000000280. The van der Waals surface area contributed by atoms with Crippen LogP contribution in [-0.4, -0.2) is 61.7 Å². The van der Waals surface area contributed by atoms with Crippen LogP contribution in [0.4, 0.5) is 19.3 Å². The molecular formula is C66H109Cl2F2N3O6S2. The van der Waals surface area contributed by atoms with Gasteiger partial charge in [0.25, 0.3) is 0 Å². The van der Waals surface area contributed by atoms with Gasteiger partial charge >= 0.3 is 6.03 Å². The van der Waals surface area contributed by atoms with Gasteiger partial charge in [-0.15, -0.1) is 0 Å². The van der Waals surface area contributed by atoms with Crippen molar-refractivity contribution in [3.8, 4) is 5.75 Å². The number of ether oxygens (including phenoxy) is 1. The van der Waals surface area contributed by atoms with Crippen LogP contribution in [0.5, 0.6) is 5.75 Å². The monoisotopic (exact) mass is 1210 g/mol. The van der Waals surface area contributed by atoms with Gasteiger partial charge in [0, 0.05) is 38.1 Å². The van der Waals surface area contributed by atoms with E-state index < -0.39 is 25.7 Å².